The SMILES string of the molecule is CC(=O)O[C@H](C[C@H](C(C)C)N(C)C(=O)[C@@H](NC(=O)[C@H]1CC2CCN1CC2)C1CSC1)c1nc(C(=O)N[C@@H](Cc2ncc(C)cn2)C[C@H](C)C(=O)O)cs1. The number of carboxylic acid groups (broad SMARTS) is 1. The zero-order valence-electron chi connectivity index (χ0n) is 31.4. The van der Waals surface area contributed by atoms with Crippen molar-refractivity contribution in [2.45, 2.75) is 103 Å². The van der Waals surface area contributed by atoms with Crippen molar-refractivity contribution in [3.05, 3.63) is 39.9 Å². The van der Waals surface area contributed by atoms with E-state index in [1.807, 2.05) is 20.8 Å². The second-order valence-corrected chi connectivity index (χ2v) is 17.2. The minimum absolute atomic E-state index is 0.0340. The fourth-order valence-electron chi connectivity index (χ4n) is 7.46. The molecule has 4 aliphatic heterocycles. The van der Waals surface area contributed by atoms with E-state index >= 15 is 0 Å². The van der Waals surface area contributed by atoms with Crippen LogP contribution >= 0.6 is 23.1 Å². The molecule has 2 aromatic heterocycles. The Morgan fingerprint density at radius 3 is 2.28 bits per heavy atom. The highest BCUT2D eigenvalue weighted by Crippen LogP contribution is 2.35. The Bertz CT molecular complexity index is 1610. The van der Waals surface area contributed by atoms with Crippen LogP contribution in [-0.2, 0) is 30.3 Å². The molecule has 16 heteroatoms. The zero-order chi connectivity index (χ0) is 38.4. The van der Waals surface area contributed by atoms with Gasteiger partial charge in [0.15, 0.2) is 6.10 Å². The molecule has 53 heavy (non-hydrogen) atoms. The number of fused-ring (bicyclic) bond motifs is 3. The van der Waals surface area contributed by atoms with Crippen LogP contribution in [0.1, 0.15) is 92.8 Å². The molecular formula is C37H53N7O7S2. The standard InChI is InChI=1S/C37H53N7O7S2/c1-20(2)28(43(6)36(48)32(25-17-52-18-25)42-34(47)29-12-24-7-9-44(29)10-8-24)14-30(51-23(5)45)35-41-27(19-53-35)33(46)40-26(11-22(4)37(49)50)13-31-38-15-21(3)16-39-31/h15-16,19-20,22,24-26,28-30,32H,7-14,17-18H2,1-6H3,(H,40,46)(H,42,47)(H,49,50)/t22-,26+,28+,29+,30+,32-/m0/s1. The van der Waals surface area contributed by atoms with Crippen LogP contribution in [0.2, 0.25) is 0 Å². The van der Waals surface area contributed by atoms with Gasteiger partial charge in [0.25, 0.3) is 5.91 Å². The molecule has 0 unspecified atom stereocenters. The minimum Gasteiger partial charge on any atom is -0.481 e. The lowest BCUT2D eigenvalue weighted by atomic mass is 9.83. The Morgan fingerprint density at radius 1 is 1.06 bits per heavy atom. The van der Waals surface area contributed by atoms with Crippen LogP contribution in [0.5, 0.6) is 0 Å². The molecule has 0 aromatic carbocycles. The molecule has 6 atom stereocenters. The topological polar surface area (TPSA) is 184 Å². The number of thioether (sulfide) groups is 1. The number of amides is 3. The summed E-state index contributed by atoms with van der Waals surface area (Å²) in [4.78, 5) is 82.6. The number of carboxylic acids is 1. The zero-order valence-corrected chi connectivity index (χ0v) is 33.1. The number of nitrogens with zero attached hydrogens (tertiary/aromatic N) is 5. The van der Waals surface area contributed by atoms with Crippen molar-refractivity contribution < 1.29 is 33.8 Å². The van der Waals surface area contributed by atoms with Crippen LogP contribution in [-0.4, -0.2) is 115 Å². The van der Waals surface area contributed by atoms with Gasteiger partial charge in [-0.3, -0.25) is 28.9 Å². The molecule has 4 fully saturated rings. The molecule has 3 amide bonds. The summed E-state index contributed by atoms with van der Waals surface area (Å²) >= 11 is 2.93. The summed E-state index contributed by atoms with van der Waals surface area (Å²) in [7, 11) is 1.74. The third-order valence-corrected chi connectivity index (χ3v) is 13.0. The van der Waals surface area contributed by atoms with E-state index in [-0.39, 0.29) is 60.7 Å². The lowest BCUT2D eigenvalue weighted by molar-refractivity contribution is -0.149. The Balaban J connectivity index is 1.29. The first-order valence-corrected chi connectivity index (χ1v) is 20.6. The van der Waals surface area contributed by atoms with Crippen LogP contribution < -0.4 is 10.6 Å². The van der Waals surface area contributed by atoms with Crippen molar-refractivity contribution in [1.29, 1.82) is 0 Å². The van der Waals surface area contributed by atoms with E-state index in [1.54, 1.807) is 48.4 Å². The van der Waals surface area contributed by atoms with Crippen LogP contribution in [0.15, 0.2) is 17.8 Å². The highest BCUT2D eigenvalue weighted by molar-refractivity contribution is 8.00. The molecule has 0 radical (unpaired) electrons. The molecular weight excluding hydrogens is 719 g/mol. The fraction of sp³-hybridized carbons (Fsp3) is 0.676. The summed E-state index contributed by atoms with van der Waals surface area (Å²) in [6.07, 6.45) is 6.18. The van der Waals surface area contributed by atoms with E-state index < -0.39 is 42.0 Å². The van der Waals surface area contributed by atoms with Gasteiger partial charge in [-0.15, -0.1) is 11.3 Å². The third kappa shape index (κ3) is 10.5. The van der Waals surface area contributed by atoms with Gasteiger partial charge in [-0.05, 0) is 74.6 Å². The van der Waals surface area contributed by atoms with Crippen molar-refractivity contribution in [2.75, 3.05) is 31.6 Å². The summed E-state index contributed by atoms with van der Waals surface area (Å²) in [5.41, 5.74) is 0.979. The van der Waals surface area contributed by atoms with Gasteiger partial charge in [0.2, 0.25) is 11.8 Å². The van der Waals surface area contributed by atoms with Crippen molar-refractivity contribution in [3.8, 4) is 0 Å². The fourth-order valence-corrected chi connectivity index (χ4v) is 9.19. The number of ether oxygens (including phenoxy) is 1. The lowest BCUT2D eigenvalue weighted by Gasteiger charge is -2.45. The van der Waals surface area contributed by atoms with E-state index in [9.17, 15) is 29.1 Å². The molecule has 3 N–H and O–H groups in total. The number of hydrogen-bond donors (Lipinski definition) is 3. The molecule has 2 aromatic rings. The van der Waals surface area contributed by atoms with Crippen molar-refractivity contribution in [3.63, 3.8) is 0 Å². The number of rotatable bonds is 17. The summed E-state index contributed by atoms with van der Waals surface area (Å²) in [5, 5.41) is 17.6. The number of hydrogen-bond acceptors (Lipinski definition) is 12. The Morgan fingerprint density at radius 2 is 1.74 bits per heavy atom. The number of carbonyl (C=O) groups excluding carboxylic acids is 4. The van der Waals surface area contributed by atoms with Crippen LogP contribution in [0.4, 0.5) is 0 Å². The maximum atomic E-state index is 14.3. The Hall–Kier alpha value is -3.63. The van der Waals surface area contributed by atoms with Crippen molar-refractivity contribution in [1.82, 2.24) is 35.4 Å². The number of aromatic nitrogens is 3. The first kappa shape index (κ1) is 40.6. The van der Waals surface area contributed by atoms with Gasteiger partial charge < -0.3 is 25.4 Å². The van der Waals surface area contributed by atoms with E-state index in [1.165, 1.54) is 18.3 Å². The quantitative estimate of drug-likeness (QED) is 0.199. The first-order chi connectivity index (χ1) is 25.2. The molecule has 290 valence electrons. The summed E-state index contributed by atoms with van der Waals surface area (Å²) in [5.74, 6) is -0.368. The number of thiazole rings is 1. The average molecular weight is 772 g/mol. The molecule has 4 saturated heterocycles. The van der Waals surface area contributed by atoms with Crippen LogP contribution in [0, 0.1) is 30.6 Å². The third-order valence-electron chi connectivity index (χ3n) is 10.7. The van der Waals surface area contributed by atoms with Gasteiger partial charge in [0.05, 0.1) is 12.0 Å². The number of esters is 1. The number of aryl methyl sites for hydroxylation is 1. The predicted molar refractivity (Wildman–Crippen MR) is 201 cm³/mol. The molecule has 2 bridgehead atoms. The summed E-state index contributed by atoms with van der Waals surface area (Å²) in [6.45, 7) is 10.6. The lowest BCUT2D eigenvalue weighted by Crippen LogP contribution is -2.62. The molecule has 0 aliphatic carbocycles. The van der Waals surface area contributed by atoms with Crippen molar-refractivity contribution >= 4 is 52.8 Å². The number of piperidine rings is 3. The Kier molecular flexibility index (Phi) is 13.9. The highest BCUT2D eigenvalue weighted by Gasteiger charge is 2.43. The van der Waals surface area contributed by atoms with E-state index in [4.69, 9.17) is 4.74 Å². The molecule has 0 saturated carbocycles. The largest absolute Gasteiger partial charge is 0.481 e. The average Bonchev–Trinajstić information content (AvgIpc) is 3.60. The molecule has 14 nitrogen and oxygen atoms in total. The van der Waals surface area contributed by atoms with E-state index in [0.29, 0.717) is 16.7 Å². The molecule has 6 rings (SSSR count). The summed E-state index contributed by atoms with van der Waals surface area (Å²) in [6, 6.07) is -1.82. The van der Waals surface area contributed by atoms with Gasteiger partial charge in [0.1, 0.15) is 22.6 Å². The normalized spacial score (nSPS) is 22.5. The highest BCUT2D eigenvalue weighted by atomic mass is 32.2. The molecule has 4 aliphatic rings. The molecule has 6 heterocycles. The molecule has 0 spiro atoms. The van der Waals surface area contributed by atoms with Gasteiger partial charge >= 0.3 is 11.9 Å². The number of likely N-dealkylation sites (N-methyl/N-ethyl adjacent to an activating group) is 1. The monoisotopic (exact) mass is 771 g/mol. The number of aliphatic carboxylic acids is 1. The predicted octanol–water partition coefficient (Wildman–Crippen LogP) is 3.50. The van der Waals surface area contributed by atoms with Crippen molar-refractivity contribution in [2.24, 2.45) is 23.7 Å². The number of nitrogens with one attached hydrogen (secondary N) is 2. The van der Waals surface area contributed by atoms with E-state index in [2.05, 4.69) is 30.5 Å². The van der Waals surface area contributed by atoms with Gasteiger partial charge in [0, 0.05) is 62.6 Å². The smallest absolute Gasteiger partial charge is 0.306 e. The van der Waals surface area contributed by atoms with Gasteiger partial charge in [-0.1, -0.05) is 20.8 Å². The summed E-state index contributed by atoms with van der Waals surface area (Å²) < 4.78 is 5.78. The van der Waals surface area contributed by atoms with E-state index in [0.717, 1.165) is 49.4 Å². The van der Waals surface area contributed by atoms with Gasteiger partial charge in [-0.2, -0.15) is 11.8 Å². The Labute approximate surface area is 319 Å². The first-order valence-electron chi connectivity index (χ1n) is 18.5. The van der Waals surface area contributed by atoms with Crippen LogP contribution in [0.3, 0.4) is 0 Å². The van der Waals surface area contributed by atoms with Crippen LogP contribution in [0.25, 0.3) is 0 Å². The maximum absolute atomic E-state index is 14.3. The second-order valence-electron chi connectivity index (χ2n) is 15.2. The number of carbonyl (C=O) groups is 5. The minimum atomic E-state index is -0.980. The second kappa shape index (κ2) is 18.1. The maximum Gasteiger partial charge on any atom is 0.306 e. The van der Waals surface area contributed by atoms with Gasteiger partial charge in [-0.25, -0.2) is 15.0 Å².